The minimum Gasteiger partial charge on any atom is -0.507 e. The van der Waals surface area contributed by atoms with Crippen LogP contribution in [0.25, 0.3) is 5.76 Å². The molecular formula is C22H15ClN2O3. The topological polar surface area (TPSA) is 70.5 Å². The van der Waals surface area contributed by atoms with E-state index in [0.29, 0.717) is 22.0 Å². The summed E-state index contributed by atoms with van der Waals surface area (Å²) in [5.74, 6) is -1.48. The van der Waals surface area contributed by atoms with Crippen LogP contribution in [0.2, 0.25) is 5.02 Å². The van der Waals surface area contributed by atoms with Crippen molar-refractivity contribution in [2.24, 2.45) is 0 Å². The minimum absolute atomic E-state index is 0.0186. The van der Waals surface area contributed by atoms with Crippen molar-refractivity contribution in [3.63, 3.8) is 0 Å². The number of pyridine rings is 1. The number of carbonyl (C=O) groups is 2. The fraction of sp³-hybridized carbons (Fsp3) is 0.0455. The van der Waals surface area contributed by atoms with E-state index in [1.807, 2.05) is 0 Å². The molecule has 0 saturated carbocycles. The highest BCUT2D eigenvalue weighted by molar-refractivity contribution is 6.51. The predicted molar refractivity (Wildman–Crippen MR) is 107 cm³/mol. The van der Waals surface area contributed by atoms with E-state index in [1.165, 1.54) is 11.1 Å². The molecule has 1 N–H and O–H groups in total. The zero-order valence-electron chi connectivity index (χ0n) is 14.6. The first-order valence-corrected chi connectivity index (χ1v) is 8.99. The Morgan fingerprint density at radius 3 is 2.29 bits per heavy atom. The predicted octanol–water partition coefficient (Wildman–Crippen LogP) is 4.36. The fourth-order valence-electron chi connectivity index (χ4n) is 3.31. The number of anilines is 1. The summed E-state index contributed by atoms with van der Waals surface area (Å²) in [5.41, 5.74) is 0.958. The van der Waals surface area contributed by atoms with Crippen LogP contribution >= 0.6 is 11.6 Å². The number of benzene rings is 2. The second-order valence-electron chi connectivity index (χ2n) is 6.24. The van der Waals surface area contributed by atoms with Crippen molar-refractivity contribution < 1.29 is 14.7 Å². The van der Waals surface area contributed by atoms with E-state index in [-0.39, 0.29) is 11.3 Å². The van der Waals surface area contributed by atoms with E-state index in [2.05, 4.69) is 4.98 Å². The maximum absolute atomic E-state index is 12.9. The summed E-state index contributed by atoms with van der Waals surface area (Å²) in [5, 5.41) is 11.3. The summed E-state index contributed by atoms with van der Waals surface area (Å²) < 4.78 is 0. The molecule has 1 aromatic heterocycles. The summed E-state index contributed by atoms with van der Waals surface area (Å²) >= 11 is 6.39. The summed E-state index contributed by atoms with van der Waals surface area (Å²) in [7, 11) is 0. The van der Waals surface area contributed by atoms with Gasteiger partial charge in [0.15, 0.2) is 0 Å². The number of hydrogen-bond donors (Lipinski definition) is 1. The van der Waals surface area contributed by atoms with Gasteiger partial charge >= 0.3 is 5.91 Å². The molecular weight excluding hydrogens is 376 g/mol. The molecule has 1 aliphatic rings. The van der Waals surface area contributed by atoms with Crippen LogP contribution < -0.4 is 4.90 Å². The van der Waals surface area contributed by atoms with Crippen molar-refractivity contribution in [2.45, 2.75) is 6.04 Å². The number of aliphatic hydroxyl groups is 1. The second kappa shape index (κ2) is 7.29. The smallest absolute Gasteiger partial charge is 0.301 e. The Morgan fingerprint density at radius 2 is 1.61 bits per heavy atom. The Labute approximate surface area is 166 Å². The Morgan fingerprint density at radius 1 is 0.929 bits per heavy atom. The molecule has 4 rings (SSSR count). The van der Waals surface area contributed by atoms with Gasteiger partial charge in [0.25, 0.3) is 5.78 Å². The van der Waals surface area contributed by atoms with Crippen LogP contribution in [0.4, 0.5) is 5.82 Å². The molecule has 1 fully saturated rings. The zero-order chi connectivity index (χ0) is 19.7. The van der Waals surface area contributed by atoms with Gasteiger partial charge in [-0.1, -0.05) is 66.2 Å². The second-order valence-corrected chi connectivity index (χ2v) is 6.65. The van der Waals surface area contributed by atoms with Crippen LogP contribution in [-0.4, -0.2) is 21.8 Å². The molecule has 28 heavy (non-hydrogen) atoms. The Balaban J connectivity index is 1.98. The summed E-state index contributed by atoms with van der Waals surface area (Å²) in [6.07, 6.45) is 1.54. The standard InChI is InChI=1S/C22H15ClN2O3/c23-16-11-5-4-10-15(16)19-18(20(26)14-8-2-1-3-9-14)21(27)22(28)25(19)17-12-6-7-13-24-17/h1-13,19,26H/b20-18+/t19-/m0/s1. The van der Waals surface area contributed by atoms with Gasteiger partial charge in [0.1, 0.15) is 11.6 Å². The molecule has 6 heteroatoms. The summed E-state index contributed by atoms with van der Waals surface area (Å²) in [4.78, 5) is 31.3. The Bertz CT molecular complexity index is 1080. The number of amides is 1. The van der Waals surface area contributed by atoms with E-state index in [0.717, 1.165) is 0 Å². The maximum atomic E-state index is 12.9. The molecule has 138 valence electrons. The quantitative estimate of drug-likeness (QED) is 0.410. The molecule has 5 nitrogen and oxygen atoms in total. The van der Waals surface area contributed by atoms with E-state index in [1.54, 1.807) is 72.8 Å². The molecule has 0 bridgehead atoms. The van der Waals surface area contributed by atoms with Gasteiger partial charge in [0, 0.05) is 16.8 Å². The van der Waals surface area contributed by atoms with Gasteiger partial charge in [-0.2, -0.15) is 0 Å². The van der Waals surface area contributed by atoms with Gasteiger partial charge in [-0.05, 0) is 23.8 Å². The first kappa shape index (κ1) is 17.9. The van der Waals surface area contributed by atoms with Crippen LogP contribution in [0.5, 0.6) is 0 Å². The molecule has 0 radical (unpaired) electrons. The average molecular weight is 391 g/mol. The molecule has 1 amide bonds. The normalized spacial score (nSPS) is 18.5. The fourth-order valence-corrected chi connectivity index (χ4v) is 3.55. The molecule has 0 unspecified atom stereocenters. The molecule has 1 atom stereocenters. The molecule has 3 aromatic rings. The lowest BCUT2D eigenvalue weighted by atomic mass is 9.95. The molecule has 2 aromatic carbocycles. The van der Waals surface area contributed by atoms with Crippen molar-refractivity contribution in [1.29, 1.82) is 0 Å². The zero-order valence-corrected chi connectivity index (χ0v) is 15.4. The van der Waals surface area contributed by atoms with Gasteiger partial charge < -0.3 is 5.11 Å². The van der Waals surface area contributed by atoms with Crippen molar-refractivity contribution >= 4 is 34.9 Å². The number of Topliss-reactive ketones (excluding diaryl/α,β-unsaturated/α-hetero) is 1. The van der Waals surface area contributed by atoms with Gasteiger partial charge in [-0.15, -0.1) is 0 Å². The number of nitrogens with zero attached hydrogens (tertiary/aromatic N) is 2. The highest BCUT2D eigenvalue weighted by atomic mass is 35.5. The number of ketones is 1. The van der Waals surface area contributed by atoms with Gasteiger partial charge in [0.05, 0.1) is 11.6 Å². The molecule has 1 saturated heterocycles. The number of carbonyl (C=O) groups excluding carboxylic acids is 2. The van der Waals surface area contributed by atoms with Gasteiger partial charge in [-0.25, -0.2) is 4.98 Å². The first-order valence-electron chi connectivity index (χ1n) is 8.61. The lowest BCUT2D eigenvalue weighted by molar-refractivity contribution is -0.132. The molecule has 2 heterocycles. The van der Waals surface area contributed by atoms with E-state index in [9.17, 15) is 14.7 Å². The number of aromatic nitrogens is 1. The SMILES string of the molecule is O=C1C(=O)N(c2ccccn2)[C@@H](c2ccccc2Cl)/C1=C(\O)c1ccccc1. The average Bonchev–Trinajstić information content (AvgIpc) is 3.00. The molecule has 1 aliphatic heterocycles. The first-order chi connectivity index (χ1) is 13.6. The summed E-state index contributed by atoms with van der Waals surface area (Å²) in [6.45, 7) is 0. The van der Waals surface area contributed by atoms with Crippen LogP contribution in [0.3, 0.4) is 0 Å². The third-order valence-electron chi connectivity index (χ3n) is 4.59. The van der Waals surface area contributed by atoms with E-state index < -0.39 is 17.7 Å². The van der Waals surface area contributed by atoms with E-state index in [4.69, 9.17) is 11.6 Å². The van der Waals surface area contributed by atoms with Crippen molar-refractivity contribution in [3.8, 4) is 0 Å². The van der Waals surface area contributed by atoms with Crippen LogP contribution in [-0.2, 0) is 9.59 Å². The lowest BCUT2D eigenvalue weighted by Gasteiger charge is -2.25. The van der Waals surface area contributed by atoms with Gasteiger partial charge in [0.2, 0.25) is 0 Å². The van der Waals surface area contributed by atoms with Crippen molar-refractivity contribution in [1.82, 2.24) is 4.98 Å². The maximum Gasteiger partial charge on any atom is 0.301 e. The highest BCUT2D eigenvalue weighted by Gasteiger charge is 2.48. The Kier molecular flexibility index (Phi) is 4.67. The minimum atomic E-state index is -0.885. The third-order valence-corrected chi connectivity index (χ3v) is 4.93. The monoisotopic (exact) mass is 390 g/mol. The van der Waals surface area contributed by atoms with Crippen molar-refractivity contribution in [3.05, 3.63) is 101 Å². The van der Waals surface area contributed by atoms with Gasteiger partial charge in [-0.3, -0.25) is 14.5 Å². The van der Waals surface area contributed by atoms with Crippen molar-refractivity contribution in [2.75, 3.05) is 4.90 Å². The highest BCUT2D eigenvalue weighted by Crippen LogP contribution is 2.43. The number of hydrogen-bond acceptors (Lipinski definition) is 4. The van der Waals surface area contributed by atoms with Crippen LogP contribution in [0.15, 0.2) is 84.6 Å². The number of halogens is 1. The van der Waals surface area contributed by atoms with Crippen LogP contribution in [0, 0.1) is 0 Å². The third kappa shape index (κ3) is 2.96. The Hall–Kier alpha value is -3.44. The summed E-state index contributed by atoms with van der Waals surface area (Å²) in [6, 6.07) is 19.8. The van der Waals surface area contributed by atoms with Crippen LogP contribution in [0.1, 0.15) is 17.2 Å². The molecule has 0 spiro atoms. The number of aliphatic hydroxyl groups excluding tert-OH is 1. The molecule has 0 aliphatic carbocycles. The van der Waals surface area contributed by atoms with E-state index >= 15 is 0 Å². The number of rotatable bonds is 3. The largest absolute Gasteiger partial charge is 0.507 e. The lowest BCUT2D eigenvalue weighted by Crippen LogP contribution is -2.30.